The minimum absolute atomic E-state index is 0.306. The fourth-order valence-electron chi connectivity index (χ4n) is 2.88. The van der Waals surface area contributed by atoms with Crippen LogP contribution in [0.2, 0.25) is 10.0 Å². The molecule has 4 nitrogen and oxygen atoms in total. The summed E-state index contributed by atoms with van der Waals surface area (Å²) in [5, 5.41) is 0.679. The first kappa shape index (κ1) is 20.5. The predicted molar refractivity (Wildman–Crippen MR) is 122 cm³/mol. The molecule has 0 N–H and O–H groups in total. The fraction of sp³-hybridized carbons (Fsp3) is 0.0435. The summed E-state index contributed by atoms with van der Waals surface area (Å²) in [6.45, 7) is 0.353. The molecular weight excluding hydrogens is 441 g/mol. The molecule has 0 bridgehead atoms. The highest BCUT2D eigenvalue weighted by Gasteiger charge is 2.36. The van der Waals surface area contributed by atoms with Crippen LogP contribution in [-0.4, -0.2) is 11.1 Å². The highest BCUT2D eigenvalue weighted by molar-refractivity contribution is 8.19. The number of rotatable bonds is 5. The van der Waals surface area contributed by atoms with Crippen molar-refractivity contribution >= 4 is 57.9 Å². The van der Waals surface area contributed by atoms with E-state index in [1.807, 2.05) is 36.4 Å². The largest absolute Gasteiger partial charge is 0.489 e. The third kappa shape index (κ3) is 4.54. The standard InChI is InChI=1S/C23H15Cl2NO3S/c24-19-11-8-16(12-20(19)25)14-29-18-9-6-15(7-10-18)13-21-22(27)26(23(28)30-21)17-4-2-1-3-5-17/h1-13H,14H2/b21-13-. The van der Waals surface area contributed by atoms with Crippen LogP contribution in [0, 0.1) is 0 Å². The number of para-hydroxylation sites is 1. The number of carbonyl (C=O) groups excluding carboxylic acids is 2. The van der Waals surface area contributed by atoms with Crippen LogP contribution in [0.1, 0.15) is 11.1 Å². The van der Waals surface area contributed by atoms with Crippen LogP contribution in [0.3, 0.4) is 0 Å². The number of thioether (sulfide) groups is 1. The number of carbonyl (C=O) groups is 2. The van der Waals surface area contributed by atoms with E-state index < -0.39 is 0 Å². The third-order valence-corrected chi connectivity index (χ3v) is 5.98. The summed E-state index contributed by atoms with van der Waals surface area (Å²) >= 11 is 12.9. The molecular formula is C23H15Cl2NO3S. The Kier molecular flexibility index (Phi) is 6.13. The number of anilines is 1. The molecule has 150 valence electrons. The van der Waals surface area contributed by atoms with Gasteiger partial charge in [0.2, 0.25) is 0 Å². The highest BCUT2D eigenvalue weighted by atomic mass is 35.5. The number of imide groups is 1. The zero-order valence-electron chi connectivity index (χ0n) is 15.5. The molecule has 0 spiro atoms. The summed E-state index contributed by atoms with van der Waals surface area (Å²) in [6, 6.07) is 21.5. The molecule has 1 fully saturated rings. The van der Waals surface area contributed by atoms with Crippen molar-refractivity contribution in [2.75, 3.05) is 4.90 Å². The Balaban J connectivity index is 1.44. The molecule has 0 unspecified atom stereocenters. The van der Waals surface area contributed by atoms with Crippen molar-refractivity contribution in [1.82, 2.24) is 0 Å². The van der Waals surface area contributed by atoms with Crippen LogP contribution >= 0.6 is 35.0 Å². The summed E-state index contributed by atoms with van der Waals surface area (Å²) in [7, 11) is 0. The molecule has 0 aromatic heterocycles. The van der Waals surface area contributed by atoms with Gasteiger partial charge in [-0.25, -0.2) is 4.90 Å². The first-order valence-electron chi connectivity index (χ1n) is 9.01. The Morgan fingerprint density at radius 1 is 0.900 bits per heavy atom. The van der Waals surface area contributed by atoms with Gasteiger partial charge in [0.1, 0.15) is 12.4 Å². The zero-order chi connectivity index (χ0) is 21.1. The highest BCUT2D eigenvalue weighted by Crippen LogP contribution is 2.35. The Morgan fingerprint density at radius 2 is 1.63 bits per heavy atom. The van der Waals surface area contributed by atoms with Crippen molar-refractivity contribution in [3.63, 3.8) is 0 Å². The molecule has 4 rings (SSSR count). The zero-order valence-corrected chi connectivity index (χ0v) is 17.9. The molecule has 1 heterocycles. The number of halogens is 2. The number of ether oxygens (including phenoxy) is 1. The van der Waals surface area contributed by atoms with E-state index in [1.54, 1.807) is 42.5 Å². The van der Waals surface area contributed by atoms with Gasteiger partial charge in [0.15, 0.2) is 0 Å². The molecule has 3 aromatic carbocycles. The average Bonchev–Trinajstić information content (AvgIpc) is 3.03. The molecule has 1 aliphatic heterocycles. The molecule has 3 aromatic rings. The van der Waals surface area contributed by atoms with Crippen LogP contribution in [0.4, 0.5) is 10.5 Å². The van der Waals surface area contributed by atoms with Crippen molar-refractivity contribution in [2.24, 2.45) is 0 Å². The SMILES string of the molecule is O=C1S/C(=C\c2ccc(OCc3ccc(Cl)c(Cl)c3)cc2)C(=O)N1c1ccccc1. The van der Waals surface area contributed by atoms with Gasteiger partial charge in [0.25, 0.3) is 11.1 Å². The summed E-state index contributed by atoms with van der Waals surface area (Å²) < 4.78 is 5.77. The second-order valence-electron chi connectivity index (χ2n) is 6.46. The lowest BCUT2D eigenvalue weighted by Gasteiger charge is -2.11. The van der Waals surface area contributed by atoms with Gasteiger partial charge in [-0.2, -0.15) is 0 Å². The molecule has 30 heavy (non-hydrogen) atoms. The monoisotopic (exact) mass is 455 g/mol. The van der Waals surface area contributed by atoms with Crippen LogP contribution in [0.25, 0.3) is 6.08 Å². The maximum Gasteiger partial charge on any atom is 0.298 e. The Morgan fingerprint density at radius 3 is 2.33 bits per heavy atom. The van der Waals surface area contributed by atoms with Crippen molar-refractivity contribution in [3.8, 4) is 5.75 Å². The lowest BCUT2D eigenvalue weighted by molar-refractivity contribution is -0.113. The topological polar surface area (TPSA) is 46.6 Å². The van der Waals surface area contributed by atoms with Gasteiger partial charge in [-0.3, -0.25) is 9.59 Å². The molecule has 0 atom stereocenters. The lowest BCUT2D eigenvalue weighted by Crippen LogP contribution is -2.27. The number of benzene rings is 3. The van der Waals surface area contributed by atoms with E-state index in [0.29, 0.717) is 33.0 Å². The number of hydrogen-bond acceptors (Lipinski definition) is 4. The lowest BCUT2D eigenvalue weighted by atomic mass is 10.2. The summed E-state index contributed by atoms with van der Waals surface area (Å²) in [4.78, 5) is 26.5. The minimum Gasteiger partial charge on any atom is -0.489 e. The first-order chi connectivity index (χ1) is 14.5. The quantitative estimate of drug-likeness (QED) is 0.396. The number of amides is 2. The van der Waals surface area contributed by atoms with Crippen molar-refractivity contribution in [1.29, 1.82) is 0 Å². The van der Waals surface area contributed by atoms with Gasteiger partial charge in [-0.15, -0.1) is 0 Å². The molecule has 0 saturated carbocycles. The van der Waals surface area contributed by atoms with Crippen LogP contribution in [0.15, 0.2) is 77.7 Å². The van der Waals surface area contributed by atoms with Gasteiger partial charge in [0, 0.05) is 0 Å². The van der Waals surface area contributed by atoms with Crippen molar-refractivity contribution < 1.29 is 14.3 Å². The van der Waals surface area contributed by atoms with E-state index in [2.05, 4.69) is 0 Å². The van der Waals surface area contributed by atoms with Crippen molar-refractivity contribution in [2.45, 2.75) is 6.61 Å². The summed E-state index contributed by atoms with van der Waals surface area (Å²) in [5.74, 6) is 0.353. The molecule has 7 heteroatoms. The van der Waals surface area contributed by atoms with Crippen LogP contribution in [0.5, 0.6) is 5.75 Å². The van der Waals surface area contributed by atoms with Gasteiger partial charge >= 0.3 is 0 Å². The Labute approximate surface area is 188 Å². The van der Waals surface area contributed by atoms with Crippen LogP contribution in [-0.2, 0) is 11.4 Å². The smallest absolute Gasteiger partial charge is 0.298 e. The first-order valence-corrected chi connectivity index (χ1v) is 10.6. The van der Waals surface area contributed by atoms with Gasteiger partial charge in [-0.05, 0) is 65.4 Å². The van der Waals surface area contributed by atoms with E-state index in [-0.39, 0.29) is 11.1 Å². The third-order valence-electron chi connectivity index (χ3n) is 4.38. The fourth-order valence-corrected chi connectivity index (χ4v) is 4.04. The molecule has 1 saturated heterocycles. The molecule has 0 radical (unpaired) electrons. The maximum atomic E-state index is 12.7. The Bertz CT molecular complexity index is 1130. The normalized spacial score (nSPS) is 15.1. The van der Waals surface area contributed by atoms with E-state index in [0.717, 1.165) is 22.9 Å². The van der Waals surface area contributed by atoms with Crippen LogP contribution < -0.4 is 9.64 Å². The van der Waals surface area contributed by atoms with Gasteiger partial charge in [0.05, 0.1) is 20.6 Å². The van der Waals surface area contributed by atoms with Gasteiger partial charge < -0.3 is 4.74 Å². The Hall–Kier alpha value is -2.73. The molecule has 1 aliphatic rings. The molecule has 2 amide bonds. The number of nitrogens with zero attached hydrogens (tertiary/aromatic N) is 1. The predicted octanol–water partition coefficient (Wildman–Crippen LogP) is 6.81. The minimum atomic E-state index is -0.323. The van der Waals surface area contributed by atoms with E-state index in [1.165, 1.54) is 4.90 Å². The average molecular weight is 456 g/mol. The van der Waals surface area contributed by atoms with E-state index in [4.69, 9.17) is 27.9 Å². The molecule has 0 aliphatic carbocycles. The van der Waals surface area contributed by atoms with Crippen molar-refractivity contribution in [3.05, 3.63) is 98.9 Å². The van der Waals surface area contributed by atoms with E-state index >= 15 is 0 Å². The summed E-state index contributed by atoms with van der Waals surface area (Å²) in [5.41, 5.74) is 2.27. The summed E-state index contributed by atoms with van der Waals surface area (Å²) in [6.07, 6.45) is 1.70. The maximum absolute atomic E-state index is 12.7. The van der Waals surface area contributed by atoms with Gasteiger partial charge in [-0.1, -0.05) is 59.6 Å². The number of hydrogen-bond donors (Lipinski definition) is 0. The second kappa shape index (κ2) is 8.96. The second-order valence-corrected chi connectivity index (χ2v) is 8.27. The van der Waals surface area contributed by atoms with E-state index in [9.17, 15) is 9.59 Å².